The van der Waals surface area contributed by atoms with E-state index in [1.807, 2.05) is 24.3 Å². The number of benzene rings is 2. The Morgan fingerprint density at radius 1 is 1.14 bits per heavy atom. The normalized spacial score (nSPS) is 15.3. The molecule has 1 heterocycles. The average Bonchev–Trinajstić information content (AvgIpc) is 2.67. The lowest BCUT2D eigenvalue weighted by atomic mass is 10.1. The molecule has 0 atom stereocenters. The number of rotatable bonds is 7. The van der Waals surface area contributed by atoms with Crippen LogP contribution >= 0.6 is 0 Å². The van der Waals surface area contributed by atoms with Gasteiger partial charge in [0, 0.05) is 31.6 Å². The first-order chi connectivity index (χ1) is 13.3. The highest BCUT2D eigenvalue weighted by Gasteiger charge is 2.26. The third-order valence-corrected chi connectivity index (χ3v) is 5.76. The fourth-order valence-electron chi connectivity index (χ4n) is 3.13. The van der Waals surface area contributed by atoms with Gasteiger partial charge >= 0.3 is 5.69 Å². The molecule has 150 valence electrons. The smallest absolute Gasteiger partial charge is 0.311 e. The minimum atomic E-state index is -3.71. The van der Waals surface area contributed by atoms with Gasteiger partial charge in [0.15, 0.2) is 9.84 Å². The lowest BCUT2D eigenvalue weighted by Crippen LogP contribution is -2.37. The second-order valence-corrected chi connectivity index (χ2v) is 8.69. The summed E-state index contributed by atoms with van der Waals surface area (Å²) >= 11 is 0. The topological polar surface area (TPSA) is 102 Å². The molecule has 1 aliphatic heterocycles. The van der Waals surface area contributed by atoms with Gasteiger partial charge < -0.3 is 10.1 Å². The highest BCUT2D eigenvalue weighted by molar-refractivity contribution is 7.90. The fourth-order valence-corrected chi connectivity index (χ4v) is 3.99. The van der Waals surface area contributed by atoms with Crippen LogP contribution in [0, 0.1) is 10.1 Å². The van der Waals surface area contributed by atoms with E-state index < -0.39 is 20.4 Å². The summed E-state index contributed by atoms with van der Waals surface area (Å²) in [4.78, 5) is 12.8. The summed E-state index contributed by atoms with van der Waals surface area (Å²) < 4.78 is 29.1. The molecule has 3 rings (SSSR count). The zero-order valence-electron chi connectivity index (χ0n) is 15.6. The maximum Gasteiger partial charge on any atom is 0.311 e. The van der Waals surface area contributed by atoms with Crippen LogP contribution in [0.5, 0.6) is 0 Å². The van der Waals surface area contributed by atoms with Crippen LogP contribution in [0.15, 0.2) is 47.4 Å². The van der Waals surface area contributed by atoms with Crippen LogP contribution in [0.25, 0.3) is 0 Å². The second kappa shape index (κ2) is 8.68. The third kappa shape index (κ3) is 5.06. The zero-order chi connectivity index (χ0) is 20.1. The van der Waals surface area contributed by atoms with Crippen molar-refractivity contribution in [3.63, 3.8) is 0 Å². The number of ether oxygens (including phenoxy) is 1. The van der Waals surface area contributed by atoms with Crippen molar-refractivity contribution in [3.8, 4) is 0 Å². The minimum Gasteiger partial charge on any atom is -0.379 e. The van der Waals surface area contributed by atoms with Crippen LogP contribution in [0.2, 0.25) is 0 Å². The van der Waals surface area contributed by atoms with Crippen LogP contribution in [0.4, 0.5) is 17.1 Å². The van der Waals surface area contributed by atoms with E-state index in [1.165, 1.54) is 18.2 Å². The van der Waals surface area contributed by atoms with Crippen molar-refractivity contribution >= 4 is 26.9 Å². The highest BCUT2D eigenvalue weighted by atomic mass is 32.2. The standard InChI is InChI=1S/C19H23N3O5S/c1-28(25,26)18-4-2-3-17(19(18)22(23)24)20-16-7-5-15(6-8-16)9-10-21-11-13-27-14-12-21/h2-8,20H,9-14H2,1H3. The number of hydrogen-bond acceptors (Lipinski definition) is 7. The van der Waals surface area contributed by atoms with Gasteiger partial charge in [0.25, 0.3) is 0 Å². The van der Waals surface area contributed by atoms with E-state index in [1.54, 1.807) is 0 Å². The summed E-state index contributed by atoms with van der Waals surface area (Å²) in [5.74, 6) is 0. The lowest BCUT2D eigenvalue weighted by molar-refractivity contribution is -0.386. The van der Waals surface area contributed by atoms with Crippen molar-refractivity contribution in [3.05, 3.63) is 58.1 Å². The van der Waals surface area contributed by atoms with Gasteiger partial charge in [0.05, 0.1) is 18.1 Å². The molecule has 1 aliphatic rings. The molecule has 0 radical (unpaired) electrons. The van der Waals surface area contributed by atoms with Crippen molar-refractivity contribution in [1.82, 2.24) is 4.90 Å². The molecule has 1 fully saturated rings. The second-order valence-electron chi connectivity index (χ2n) is 6.71. The van der Waals surface area contributed by atoms with Gasteiger partial charge in [-0.3, -0.25) is 15.0 Å². The number of anilines is 2. The number of sulfone groups is 1. The number of morpholine rings is 1. The molecule has 1 saturated heterocycles. The summed E-state index contributed by atoms with van der Waals surface area (Å²) in [6.07, 6.45) is 1.87. The van der Waals surface area contributed by atoms with Crippen molar-refractivity contribution in [2.75, 3.05) is 44.4 Å². The molecule has 9 heteroatoms. The van der Waals surface area contributed by atoms with Gasteiger partial charge in [-0.2, -0.15) is 0 Å². The molecule has 1 N–H and O–H groups in total. The molecular formula is C19H23N3O5S. The average molecular weight is 405 g/mol. The van der Waals surface area contributed by atoms with Crippen molar-refractivity contribution in [1.29, 1.82) is 0 Å². The van der Waals surface area contributed by atoms with Crippen LogP contribution in [0.1, 0.15) is 5.56 Å². The summed E-state index contributed by atoms with van der Waals surface area (Å²) in [6, 6.07) is 11.8. The van der Waals surface area contributed by atoms with Crippen molar-refractivity contribution in [2.24, 2.45) is 0 Å². The molecule has 0 bridgehead atoms. The van der Waals surface area contributed by atoms with Gasteiger partial charge in [0.1, 0.15) is 10.6 Å². The Labute approximate surface area is 164 Å². The van der Waals surface area contributed by atoms with E-state index in [0.29, 0.717) is 5.69 Å². The van der Waals surface area contributed by atoms with E-state index in [0.717, 1.165) is 51.1 Å². The maximum atomic E-state index is 11.9. The number of nitro groups is 1. The molecule has 8 nitrogen and oxygen atoms in total. The number of nitrogens with one attached hydrogen (secondary N) is 1. The fraction of sp³-hybridized carbons (Fsp3) is 0.368. The van der Waals surface area contributed by atoms with Crippen LogP contribution < -0.4 is 5.32 Å². The van der Waals surface area contributed by atoms with E-state index >= 15 is 0 Å². The Hall–Kier alpha value is -2.49. The maximum absolute atomic E-state index is 11.9. The molecule has 0 spiro atoms. The quantitative estimate of drug-likeness (QED) is 0.558. The van der Waals surface area contributed by atoms with Crippen LogP contribution in [0.3, 0.4) is 0 Å². The number of hydrogen-bond donors (Lipinski definition) is 1. The van der Waals surface area contributed by atoms with Crippen LogP contribution in [-0.2, 0) is 21.0 Å². The van der Waals surface area contributed by atoms with Gasteiger partial charge in [-0.25, -0.2) is 8.42 Å². The molecule has 2 aromatic rings. The SMILES string of the molecule is CS(=O)(=O)c1cccc(Nc2ccc(CCN3CCOCC3)cc2)c1[N+](=O)[O-]. The predicted octanol–water partition coefficient (Wildman–Crippen LogP) is 2.62. The van der Waals surface area contributed by atoms with E-state index in [2.05, 4.69) is 10.2 Å². The molecule has 0 saturated carbocycles. The Morgan fingerprint density at radius 2 is 1.82 bits per heavy atom. The van der Waals surface area contributed by atoms with E-state index in [9.17, 15) is 18.5 Å². The summed E-state index contributed by atoms with van der Waals surface area (Å²) in [7, 11) is -3.71. The molecule has 0 amide bonds. The lowest BCUT2D eigenvalue weighted by Gasteiger charge is -2.26. The zero-order valence-corrected chi connectivity index (χ0v) is 16.4. The Kier molecular flexibility index (Phi) is 6.28. The highest BCUT2D eigenvalue weighted by Crippen LogP contribution is 2.33. The summed E-state index contributed by atoms with van der Waals surface area (Å²) in [5.41, 5.74) is 1.52. The summed E-state index contributed by atoms with van der Waals surface area (Å²) in [6.45, 7) is 4.39. The van der Waals surface area contributed by atoms with E-state index in [-0.39, 0.29) is 10.6 Å². The predicted molar refractivity (Wildman–Crippen MR) is 107 cm³/mol. The number of nitrogens with zero attached hydrogens (tertiary/aromatic N) is 2. The van der Waals surface area contributed by atoms with Gasteiger partial charge in [0.2, 0.25) is 0 Å². The molecular weight excluding hydrogens is 382 g/mol. The first-order valence-electron chi connectivity index (χ1n) is 8.98. The number of para-hydroxylation sites is 1. The largest absolute Gasteiger partial charge is 0.379 e. The van der Waals surface area contributed by atoms with E-state index in [4.69, 9.17) is 4.74 Å². The van der Waals surface area contributed by atoms with Crippen molar-refractivity contribution < 1.29 is 18.1 Å². The van der Waals surface area contributed by atoms with Crippen molar-refractivity contribution in [2.45, 2.75) is 11.3 Å². The first kappa shape index (κ1) is 20.2. The molecule has 28 heavy (non-hydrogen) atoms. The Bertz CT molecular complexity index is 939. The third-order valence-electron chi connectivity index (χ3n) is 4.63. The minimum absolute atomic E-state index is 0.147. The molecule has 0 aliphatic carbocycles. The molecule has 0 unspecified atom stereocenters. The molecule has 2 aromatic carbocycles. The summed E-state index contributed by atoms with van der Waals surface area (Å²) in [5, 5.41) is 14.4. The Morgan fingerprint density at radius 3 is 2.43 bits per heavy atom. The first-order valence-corrected chi connectivity index (χ1v) is 10.9. The Balaban J connectivity index is 1.72. The number of nitro benzene ring substituents is 1. The van der Waals surface area contributed by atoms with Gasteiger partial charge in [-0.15, -0.1) is 0 Å². The van der Waals surface area contributed by atoms with Crippen LogP contribution in [-0.4, -0.2) is 57.3 Å². The van der Waals surface area contributed by atoms with Gasteiger partial charge in [-0.1, -0.05) is 18.2 Å². The van der Waals surface area contributed by atoms with Gasteiger partial charge in [-0.05, 0) is 36.2 Å². The monoisotopic (exact) mass is 405 g/mol. The molecule has 0 aromatic heterocycles.